The Morgan fingerprint density at radius 1 is 0.706 bits per heavy atom. The number of hydrogen-bond donors (Lipinski definition) is 0. The first-order chi connectivity index (χ1) is 8.27. The van der Waals surface area contributed by atoms with Gasteiger partial charge in [0.1, 0.15) is 0 Å². The SMILES string of the molecule is O=C1OC(=O)C2CC1C1C2C2C3C4CC3C2C41. The van der Waals surface area contributed by atoms with Gasteiger partial charge in [0.2, 0.25) is 0 Å². The predicted octanol–water partition coefficient (Wildman–Crippen LogP) is 1.08. The van der Waals surface area contributed by atoms with Crippen LogP contribution in [-0.2, 0) is 14.3 Å². The molecular weight excluding hydrogens is 216 g/mol. The maximum Gasteiger partial charge on any atom is 0.316 e. The quantitative estimate of drug-likeness (QED) is 0.462. The second-order valence-corrected chi connectivity index (χ2v) is 7.22. The molecule has 10 atom stereocenters. The Bertz CT molecular complexity index is 498. The lowest BCUT2D eigenvalue weighted by molar-refractivity contribution is -0.170. The summed E-state index contributed by atoms with van der Waals surface area (Å²) >= 11 is 0. The number of carbonyl (C=O) groups is 2. The smallest absolute Gasteiger partial charge is 0.316 e. The summed E-state index contributed by atoms with van der Waals surface area (Å²) in [6, 6.07) is 0. The number of rotatable bonds is 0. The molecule has 7 rings (SSSR count). The van der Waals surface area contributed by atoms with Crippen molar-refractivity contribution in [3.05, 3.63) is 0 Å². The van der Waals surface area contributed by atoms with E-state index < -0.39 is 0 Å². The average molecular weight is 230 g/mol. The molecule has 0 amide bonds. The van der Waals surface area contributed by atoms with E-state index in [-0.39, 0.29) is 23.8 Å². The highest BCUT2D eigenvalue weighted by Gasteiger charge is 2.83. The summed E-state index contributed by atoms with van der Waals surface area (Å²) in [5.74, 6) is 6.23. The van der Waals surface area contributed by atoms with Crippen molar-refractivity contribution in [3.63, 3.8) is 0 Å². The molecule has 0 aromatic carbocycles. The highest BCUT2D eigenvalue weighted by molar-refractivity contribution is 5.92. The molecule has 10 unspecified atom stereocenters. The Morgan fingerprint density at radius 2 is 1.29 bits per heavy atom. The molecule has 8 bridgehead atoms. The first kappa shape index (κ1) is 8.28. The van der Waals surface area contributed by atoms with Gasteiger partial charge in [-0.25, -0.2) is 0 Å². The second kappa shape index (κ2) is 2.08. The van der Waals surface area contributed by atoms with E-state index in [9.17, 15) is 9.59 Å². The average Bonchev–Trinajstić information content (AvgIpc) is 2.94. The van der Waals surface area contributed by atoms with Crippen molar-refractivity contribution < 1.29 is 14.3 Å². The van der Waals surface area contributed by atoms with Crippen LogP contribution in [0.4, 0.5) is 0 Å². The highest BCUT2D eigenvalue weighted by Crippen LogP contribution is 2.86. The van der Waals surface area contributed by atoms with Gasteiger partial charge in [0.05, 0.1) is 11.8 Å². The lowest BCUT2D eigenvalue weighted by Crippen LogP contribution is -2.52. The van der Waals surface area contributed by atoms with Crippen LogP contribution in [0, 0.1) is 59.2 Å². The van der Waals surface area contributed by atoms with E-state index in [1.807, 2.05) is 0 Å². The molecular formula is C14H14O3. The van der Waals surface area contributed by atoms with Crippen molar-refractivity contribution in [2.75, 3.05) is 0 Å². The van der Waals surface area contributed by atoms with Crippen molar-refractivity contribution in [1.29, 1.82) is 0 Å². The van der Waals surface area contributed by atoms with Crippen molar-refractivity contribution >= 4 is 11.9 Å². The summed E-state index contributed by atoms with van der Waals surface area (Å²) in [5, 5.41) is 0. The zero-order chi connectivity index (χ0) is 11.0. The van der Waals surface area contributed by atoms with Crippen LogP contribution in [0.3, 0.4) is 0 Å². The van der Waals surface area contributed by atoms with Gasteiger partial charge < -0.3 is 4.74 Å². The van der Waals surface area contributed by atoms with Crippen molar-refractivity contribution in [1.82, 2.24) is 0 Å². The van der Waals surface area contributed by atoms with E-state index in [1.165, 1.54) is 6.42 Å². The van der Waals surface area contributed by atoms with Crippen molar-refractivity contribution in [2.24, 2.45) is 59.2 Å². The maximum absolute atomic E-state index is 11.9. The van der Waals surface area contributed by atoms with E-state index >= 15 is 0 Å². The summed E-state index contributed by atoms with van der Waals surface area (Å²) < 4.78 is 4.96. The number of esters is 2. The van der Waals surface area contributed by atoms with Gasteiger partial charge in [-0.3, -0.25) is 9.59 Å². The number of ether oxygens (including phenoxy) is 1. The fourth-order valence-electron chi connectivity index (χ4n) is 7.36. The van der Waals surface area contributed by atoms with Crippen LogP contribution in [0.5, 0.6) is 0 Å². The summed E-state index contributed by atoms with van der Waals surface area (Å²) in [6.07, 6.45) is 2.25. The Labute approximate surface area is 98.9 Å². The predicted molar refractivity (Wildman–Crippen MR) is 55.2 cm³/mol. The minimum atomic E-state index is -0.195. The normalized spacial score (nSPS) is 71.8. The third-order valence-corrected chi connectivity index (χ3v) is 7.43. The van der Waals surface area contributed by atoms with E-state index in [4.69, 9.17) is 4.74 Å². The monoisotopic (exact) mass is 230 g/mol. The van der Waals surface area contributed by atoms with Crippen LogP contribution < -0.4 is 0 Å². The molecule has 6 saturated carbocycles. The summed E-state index contributed by atoms with van der Waals surface area (Å²) in [4.78, 5) is 23.7. The molecule has 6 aliphatic carbocycles. The molecule has 0 aromatic heterocycles. The van der Waals surface area contributed by atoms with Crippen LogP contribution in [-0.4, -0.2) is 11.9 Å². The molecule has 0 spiro atoms. The van der Waals surface area contributed by atoms with Gasteiger partial charge in [-0.05, 0) is 60.2 Å². The molecule has 1 heterocycles. The summed E-state index contributed by atoms with van der Waals surface area (Å²) in [5.41, 5.74) is 0. The molecule has 7 aliphatic rings. The van der Waals surface area contributed by atoms with Crippen LogP contribution in [0.1, 0.15) is 12.8 Å². The van der Waals surface area contributed by atoms with Crippen LogP contribution >= 0.6 is 0 Å². The largest absolute Gasteiger partial charge is 0.393 e. The van der Waals surface area contributed by atoms with Crippen molar-refractivity contribution in [2.45, 2.75) is 12.8 Å². The van der Waals surface area contributed by atoms with E-state index in [0.29, 0.717) is 11.8 Å². The summed E-state index contributed by atoms with van der Waals surface area (Å²) in [7, 11) is 0. The van der Waals surface area contributed by atoms with Gasteiger partial charge in [-0.2, -0.15) is 0 Å². The van der Waals surface area contributed by atoms with Gasteiger partial charge in [0.25, 0.3) is 0 Å². The Kier molecular flexibility index (Phi) is 1.01. The fraction of sp³-hybridized carbons (Fsp3) is 0.857. The molecule has 3 heteroatoms. The lowest BCUT2D eigenvalue weighted by Gasteiger charge is -2.56. The summed E-state index contributed by atoms with van der Waals surface area (Å²) in [6.45, 7) is 0. The third-order valence-electron chi connectivity index (χ3n) is 7.43. The molecule has 0 N–H and O–H groups in total. The van der Waals surface area contributed by atoms with Gasteiger partial charge >= 0.3 is 11.9 Å². The van der Waals surface area contributed by atoms with Crippen LogP contribution in [0.2, 0.25) is 0 Å². The standard InChI is InChI=1S/C14H14O3/c15-13-5-2-6(14(16)17-13)11-10(5)8-3-1-4-7(3)12(11)9(4)8/h3-12H,1-2H2. The fourth-order valence-corrected chi connectivity index (χ4v) is 7.36. The zero-order valence-corrected chi connectivity index (χ0v) is 9.41. The van der Waals surface area contributed by atoms with Crippen molar-refractivity contribution in [3.8, 4) is 0 Å². The van der Waals surface area contributed by atoms with E-state index in [1.54, 1.807) is 0 Å². The first-order valence-electron chi connectivity index (χ1n) is 7.03. The third kappa shape index (κ3) is 0.580. The number of hydrogen-bond acceptors (Lipinski definition) is 3. The molecule has 17 heavy (non-hydrogen) atoms. The molecule has 3 nitrogen and oxygen atoms in total. The van der Waals surface area contributed by atoms with Gasteiger partial charge in [0, 0.05) is 0 Å². The minimum Gasteiger partial charge on any atom is -0.393 e. The number of carbonyl (C=O) groups excluding carboxylic acids is 2. The number of cyclic esters (lactones) is 2. The van der Waals surface area contributed by atoms with E-state index in [0.717, 1.165) is 41.9 Å². The Balaban J connectivity index is 1.54. The first-order valence-corrected chi connectivity index (χ1v) is 7.03. The maximum atomic E-state index is 11.9. The van der Waals surface area contributed by atoms with Gasteiger partial charge in [-0.15, -0.1) is 0 Å². The second-order valence-electron chi connectivity index (χ2n) is 7.22. The highest BCUT2D eigenvalue weighted by atomic mass is 16.6. The molecule has 1 aliphatic heterocycles. The zero-order valence-electron chi connectivity index (χ0n) is 9.41. The van der Waals surface area contributed by atoms with E-state index in [2.05, 4.69) is 0 Å². The Morgan fingerprint density at radius 3 is 2.00 bits per heavy atom. The Hall–Kier alpha value is -0.860. The lowest BCUT2D eigenvalue weighted by atomic mass is 9.48. The minimum absolute atomic E-state index is 0.0838. The molecule has 0 aromatic rings. The van der Waals surface area contributed by atoms with Gasteiger partial charge in [-0.1, -0.05) is 0 Å². The number of fused-ring (bicyclic) bond motifs is 5. The van der Waals surface area contributed by atoms with Crippen LogP contribution in [0.25, 0.3) is 0 Å². The molecule has 88 valence electrons. The topological polar surface area (TPSA) is 43.4 Å². The molecule has 1 saturated heterocycles. The van der Waals surface area contributed by atoms with Gasteiger partial charge in [0.15, 0.2) is 0 Å². The molecule has 7 fully saturated rings. The molecule has 0 radical (unpaired) electrons. The van der Waals surface area contributed by atoms with Crippen LogP contribution in [0.15, 0.2) is 0 Å².